The highest BCUT2D eigenvalue weighted by Gasteiger charge is 2.26. The summed E-state index contributed by atoms with van der Waals surface area (Å²) in [5.74, 6) is 0.175. The van der Waals surface area contributed by atoms with Crippen LogP contribution in [0.25, 0.3) is 0 Å². The average Bonchev–Trinajstić information content (AvgIpc) is 2.64. The molecule has 1 aliphatic heterocycles. The van der Waals surface area contributed by atoms with E-state index in [-0.39, 0.29) is 17.7 Å². The third-order valence-electron chi connectivity index (χ3n) is 4.65. The lowest BCUT2D eigenvalue weighted by molar-refractivity contribution is -0.120. The third kappa shape index (κ3) is 4.23. The van der Waals surface area contributed by atoms with Crippen LogP contribution in [0, 0.1) is 0 Å². The number of nitrogens with zero attached hydrogens (tertiary/aromatic N) is 2. The molecule has 0 aromatic heterocycles. The van der Waals surface area contributed by atoms with Gasteiger partial charge in [0.05, 0.1) is 22.4 Å². The van der Waals surface area contributed by atoms with Gasteiger partial charge in [-0.3, -0.25) is 9.69 Å². The van der Waals surface area contributed by atoms with E-state index < -0.39 is 0 Å². The number of nitrogens with one attached hydrogen (secondary N) is 1. The Labute approximate surface area is 163 Å². The molecule has 138 valence electrons. The van der Waals surface area contributed by atoms with Gasteiger partial charge in [-0.05, 0) is 37.3 Å². The highest BCUT2D eigenvalue weighted by molar-refractivity contribution is 6.36. The smallest absolute Gasteiger partial charge is 0.241 e. The summed E-state index contributed by atoms with van der Waals surface area (Å²) in [4.78, 5) is 16.8. The number of carbonyl (C=O) groups excluding carboxylic acids is 1. The van der Waals surface area contributed by atoms with Crippen LogP contribution in [0.15, 0.2) is 42.5 Å². The summed E-state index contributed by atoms with van der Waals surface area (Å²) in [6.45, 7) is 4.84. The zero-order chi connectivity index (χ0) is 18.7. The number of anilines is 2. The van der Waals surface area contributed by atoms with Gasteiger partial charge in [-0.1, -0.05) is 35.3 Å². The summed E-state index contributed by atoms with van der Waals surface area (Å²) in [5, 5.41) is 13.8. The summed E-state index contributed by atoms with van der Waals surface area (Å²) in [6, 6.07) is 12.0. The number of rotatable bonds is 4. The largest absolute Gasteiger partial charge is 0.506 e. The Morgan fingerprint density at radius 1 is 1.12 bits per heavy atom. The normalized spacial score (nSPS) is 16.3. The summed E-state index contributed by atoms with van der Waals surface area (Å²) in [5.41, 5.74) is 1.39. The molecule has 2 N–H and O–H groups in total. The van der Waals surface area contributed by atoms with Crippen LogP contribution in [0.4, 0.5) is 11.4 Å². The zero-order valence-corrected chi connectivity index (χ0v) is 16.0. The topological polar surface area (TPSA) is 55.8 Å². The fourth-order valence-electron chi connectivity index (χ4n) is 3.08. The van der Waals surface area contributed by atoms with E-state index in [4.69, 9.17) is 23.2 Å². The molecule has 7 heteroatoms. The van der Waals surface area contributed by atoms with Gasteiger partial charge in [0.25, 0.3) is 0 Å². The van der Waals surface area contributed by atoms with E-state index >= 15 is 0 Å². The Morgan fingerprint density at radius 3 is 2.46 bits per heavy atom. The molecule has 1 atom stereocenters. The van der Waals surface area contributed by atoms with Crippen molar-refractivity contribution in [1.82, 2.24) is 4.90 Å². The van der Waals surface area contributed by atoms with Gasteiger partial charge in [0.15, 0.2) is 0 Å². The van der Waals surface area contributed by atoms with Gasteiger partial charge in [0, 0.05) is 31.2 Å². The van der Waals surface area contributed by atoms with Gasteiger partial charge in [-0.25, -0.2) is 0 Å². The maximum atomic E-state index is 12.6. The van der Waals surface area contributed by atoms with Crippen molar-refractivity contribution in [3.05, 3.63) is 52.5 Å². The maximum absolute atomic E-state index is 12.6. The Kier molecular flexibility index (Phi) is 5.91. The standard InChI is InChI=1S/C19H21Cl2N3O2/c1-13(19(26)22-16-7-6-14(20)12-15(16)21)23-8-10-24(11-9-23)17-4-2-3-5-18(17)25/h2-7,12-13,25H,8-11H2,1H3,(H,22,26)/t13-/m0/s1. The lowest BCUT2D eigenvalue weighted by atomic mass is 10.2. The molecule has 3 rings (SSSR count). The van der Waals surface area contributed by atoms with Crippen LogP contribution in [0.5, 0.6) is 5.75 Å². The van der Waals surface area contributed by atoms with Gasteiger partial charge in [0.2, 0.25) is 5.91 Å². The fourth-order valence-corrected chi connectivity index (χ4v) is 3.53. The van der Waals surface area contributed by atoms with Gasteiger partial charge < -0.3 is 15.3 Å². The third-order valence-corrected chi connectivity index (χ3v) is 5.20. The quantitative estimate of drug-likeness (QED) is 0.827. The van der Waals surface area contributed by atoms with Crippen molar-refractivity contribution in [2.45, 2.75) is 13.0 Å². The minimum absolute atomic E-state index is 0.106. The first-order chi connectivity index (χ1) is 12.5. The van der Waals surface area contributed by atoms with Crippen molar-refractivity contribution in [3.63, 3.8) is 0 Å². The number of amides is 1. The van der Waals surface area contributed by atoms with E-state index in [0.29, 0.717) is 15.7 Å². The van der Waals surface area contributed by atoms with Gasteiger partial charge in [0.1, 0.15) is 5.75 Å². The molecule has 0 unspecified atom stereocenters. The van der Waals surface area contributed by atoms with Crippen LogP contribution in [0.1, 0.15) is 6.92 Å². The predicted molar refractivity (Wildman–Crippen MR) is 106 cm³/mol. The number of benzene rings is 2. The van der Waals surface area contributed by atoms with Crippen molar-refractivity contribution in [2.75, 3.05) is 36.4 Å². The minimum Gasteiger partial charge on any atom is -0.506 e. The number of hydrogen-bond donors (Lipinski definition) is 2. The van der Waals surface area contributed by atoms with Crippen LogP contribution in [0.3, 0.4) is 0 Å². The number of phenols is 1. The first kappa shape index (κ1) is 18.8. The highest BCUT2D eigenvalue weighted by atomic mass is 35.5. The van der Waals surface area contributed by atoms with E-state index in [0.717, 1.165) is 31.9 Å². The molecule has 1 amide bonds. The van der Waals surface area contributed by atoms with E-state index in [1.165, 1.54) is 0 Å². The average molecular weight is 394 g/mol. The number of carbonyl (C=O) groups is 1. The summed E-state index contributed by atoms with van der Waals surface area (Å²) < 4.78 is 0. The molecular weight excluding hydrogens is 373 g/mol. The Bertz CT molecular complexity index is 792. The second-order valence-electron chi connectivity index (χ2n) is 6.30. The van der Waals surface area contributed by atoms with E-state index in [1.807, 2.05) is 25.1 Å². The molecule has 1 saturated heterocycles. The van der Waals surface area contributed by atoms with Crippen LogP contribution in [-0.2, 0) is 4.79 Å². The SMILES string of the molecule is C[C@@H](C(=O)Nc1ccc(Cl)cc1Cl)N1CCN(c2ccccc2O)CC1. The second-order valence-corrected chi connectivity index (χ2v) is 7.14. The fraction of sp³-hybridized carbons (Fsp3) is 0.316. The van der Waals surface area contributed by atoms with E-state index in [2.05, 4.69) is 15.1 Å². The number of halogens is 2. The van der Waals surface area contributed by atoms with Crippen LogP contribution >= 0.6 is 23.2 Å². The lowest BCUT2D eigenvalue weighted by Gasteiger charge is -2.38. The molecular formula is C19H21Cl2N3O2. The van der Waals surface area contributed by atoms with Crippen molar-refractivity contribution < 1.29 is 9.90 Å². The van der Waals surface area contributed by atoms with Crippen molar-refractivity contribution in [3.8, 4) is 5.75 Å². The predicted octanol–water partition coefficient (Wildman–Crippen LogP) is 3.85. The molecule has 2 aromatic rings. The van der Waals surface area contributed by atoms with Gasteiger partial charge in [-0.2, -0.15) is 0 Å². The lowest BCUT2D eigenvalue weighted by Crippen LogP contribution is -2.52. The first-order valence-corrected chi connectivity index (χ1v) is 9.24. The van der Waals surface area contributed by atoms with Crippen LogP contribution < -0.4 is 10.2 Å². The minimum atomic E-state index is -0.284. The number of hydrogen-bond acceptors (Lipinski definition) is 4. The monoisotopic (exact) mass is 393 g/mol. The van der Waals surface area contributed by atoms with Crippen LogP contribution in [0.2, 0.25) is 10.0 Å². The molecule has 0 bridgehead atoms. The molecule has 5 nitrogen and oxygen atoms in total. The summed E-state index contributed by atoms with van der Waals surface area (Å²) in [6.07, 6.45) is 0. The highest BCUT2D eigenvalue weighted by Crippen LogP contribution is 2.28. The molecule has 0 spiro atoms. The van der Waals surface area contributed by atoms with Gasteiger partial charge in [-0.15, -0.1) is 0 Å². The van der Waals surface area contributed by atoms with Gasteiger partial charge >= 0.3 is 0 Å². The first-order valence-electron chi connectivity index (χ1n) is 8.48. The molecule has 1 heterocycles. The molecule has 2 aromatic carbocycles. The van der Waals surface area contributed by atoms with Crippen molar-refractivity contribution >= 4 is 40.5 Å². The Morgan fingerprint density at radius 2 is 1.81 bits per heavy atom. The zero-order valence-electron chi connectivity index (χ0n) is 14.5. The van der Waals surface area contributed by atoms with Crippen molar-refractivity contribution in [2.24, 2.45) is 0 Å². The summed E-state index contributed by atoms with van der Waals surface area (Å²) in [7, 11) is 0. The number of piperazine rings is 1. The summed E-state index contributed by atoms with van der Waals surface area (Å²) >= 11 is 12.0. The number of aromatic hydroxyl groups is 1. The maximum Gasteiger partial charge on any atom is 0.241 e. The van der Waals surface area contributed by atoms with E-state index in [1.54, 1.807) is 24.3 Å². The molecule has 26 heavy (non-hydrogen) atoms. The molecule has 0 radical (unpaired) electrons. The Balaban J connectivity index is 1.58. The van der Waals surface area contributed by atoms with E-state index in [9.17, 15) is 9.90 Å². The Hall–Kier alpha value is -1.95. The molecule has 0 saturated carbocycles. The number of phenolic OH excluding ortho intramolecular Hbond substituents is 1. The second kappa shape index (κ2) is 8.16. The van der Waals surface area contributed by atoms with Crippen molar-refractivity contribution in [1.29, 1.82) is 0 Å². The number of para-hydroxylation sites is 2. The van der Waals surface area contributed by atoms with Crippen LogP contribution in [-0.4, -0.2) is 48.1 Å². The molecule has 1 fully saturated rings. The molecule has 0 aliphatic carbocycles. The molecule has 1 aliphatic rings.